The smallest absolute Gasteiger partial charge is 0.351 e. The number of halogens is 1. The minimum atomic E-state index is -4.23. The van der Waals surface area contributed by atoms with E-state index in [1.165, 1.54) is 48.6 Å². The van der Waals surface area contributed by atoms with Gasteiger partial charge in [0.1, 0.15) is 41.0 Å². The number of rotatable bonds is 18. The summed E-state index contributed by atoms with van der Waals surface area (Å²) in [5.74, 6) is 1.14. The summed E-state index contributed by atoms with van der Waals surface area (Å²) in [5.41, 5.74) is 0.799. The Morgan fingerprint density at radius 3 is 1.85 bits per heavy atom. The number of anilines is 1. The molecule has 65 heavy (non-hydrogen) atoms. The van der Waals surface area contributed by atoms with E-state index in [-0.39, 0.29) is 24.6 Å². The first-order valence-electron chi connectivity index (χ1n) is 21.3. The number of benzene rings is 5. The van der Waals surface area contributed by atoms with Gasteiger partial charge in [-0.05, 0) is 116 Å². The zero-order chi connectivity index (χ0) is 46.4. The number of carbonyl (C=O) groups excluding carboxylic acids is 1. The molecule has 4 atom stereocenters. The van der Waals surface area contributed by atoms with Crippen molar-refractivity contribution in [3.05, 3.63) is 183 Å². The Morgan fingerprint density at radius 2 is 1.34 bits per heavy atom. The number of hydrogen-bond acceptors (Lipinski definition) is 11. The minimum Gasteiger partial charge on any atom is -0.770 e. The van der Waals surface area contributed by atoms with Crippen LogP contribution in [0.15, 0.2) is 151 Å². The Bertz CT molecular complexity index is 2480. The maximum absolute atomic E-state index is 13.8. The van der Waals surface area contributed by atoms with Gasteiger partial charge >= 0.3 is 5.69 Å². The van der Waals surface area contributed by atoms with E-state index in [0.29, 0.717) is 22.1 Å². The lowest BCUT2D eigenvalue weighted by molar-refractivity contribution is -0.894. The van der Waals surface area contributed by atoms with E-state index in [4.69, 9.17) is 51.4 Å². The minimum absolute atomic E-state index is 0.0132. The zero-order valence-corrected chi connectivity index (χ0v) is 39.4. The summed E-state index contributed by atoms with van der Waals surface area (Å²) in [6.45, 7) is 6.12. The number of nitrogens with zero attached hydrogens (tertiary/aromatic N) is 2. The zero-order valence-electron chi connectivity index (χ0n) is 36.9. The van der Waals surface area contributed by atoms with Crippen LogP contribution in [0, 0.1) is 0 Å². The van der Waals surface area contributed by atoms with E-state index in [1.807, 2.05) is 78.9 Å². The lowest BCUT2D eigenvalue weighted by Crippen LogP contribution is -3.11. The number of aromatic nitrogens is 2. The van der Waals surface area contributed by atoms with Gasteiger partial charge in [0.25, 0.3) is 5.91 Å². The molecule has 0 spiro atoms. The molecule has 1 fully saturated rings. The Kier molecular flexibility index (Phi) is 17.5. The van der Waals surface area contributed by atoms with Crippen molar-refractivity contribution in [1.82, 2.24) is 9.55 Å². The van der Waals surface area contributed by atoms with E-state index >= 15 is 0 Å². The van der Waals surface area contributed by atoms with Crippen LogP contribution >= 0.6 is 18.3 Å². The SMILES string of the molecule is CC[NH+](CC)CC.COc1ccc(C(OC[C@H]2O[C@@H](n3ccc(NC(=O)c4ccccc4)nc3=O)C[C@@H]2OP([O-])(=S)Oc2ccc(Cl)cc2)(c2ccccc2)c2ccc(OC)cc2)cc1. The van der Waals surface area contributed by atoms with Gasteiger partial charge in [-0.15, -0.1) is 0 Å². The van der Waals surface area contributed by atoms with Crippen LogP contribution in [0.4, 0.5) is 5.82 Å². The topological polar surface area (TPSA) is 147 Å². The first kappa shape index (κ1) is 49.0. The van der Waals surface area contributed by atoms with Crippen molar-refractivity contribution >= 4 is 41.9 Å². The van der Waals surface area contributed by atoms with Crippen molar-refractivity contribution in [2.75, 3.05) is 45.8 Å². The van der Waals surface area contributed by atoms with Crippen molar-refractivity contribution < 1.29 is 42.6 Å². The molecule has 16 heteroatoms. The van der Waals surface area contributed by atoms with Gasteiger partial charge in [0, 0.05) is 23.2 Å². The summed E-state index contributed by atoms with van der Waals surface area (Å²) in [6.07, 6.45) is -1.43. The van der Waals surface area contributed by atoms with Crippen LogP contribution < -0.4 is 34.8 Å². The van der Waals surface area contributed by atoms with Crippen molar-refractivity contribution in [3.8, 4) is 17.2 Å². The van der Waals surface area contributed by atoms with Crippen LogP contribution in [0.3, 0.4) is 0 Å². The van der Waals surface area contributed by atoms with Crippen LogP contribution in [-0.2, 0) is 31.4 Å². The van der Waals surface area contributed by atoms with Gasteiger partial charge < -0.3 is 43.1 Å². The second-order valence-corrected chi connectivity index (χ2v) is 18.0. The van der Waals surface area contributed by atoms with Crippen LogP contribution in [0.5, 0.6) is 17.2 Å². The number of hydrogen-bond donors (Lipinski definition) is 2. The number of ether oxygens (including phenoxy) is 4. The third kappa shape index (κ3) is 12.7. The van der Waals surface area contributed by atoms with Crippen LogP contribution in [0.2, 0.25) is 5.02 Å². The quantitative estimate of drug-likeness (QED) is 0.0655. The second kappa shape index (κ2) is 23.2. The maximum atomic E-state index is 13.8. The lowest BCUT2D eigenvalue weighted by Gasteiger charge is -2.38. The van der Waals surface area contributed by atoms with E-state index in [0.717, 1.165) is 16.7 Å². The van der Waals surface area contributed by atoms with Gasteiger partial charge in [-0.3, -0.25) is 9.36 Å². The molecular formula is C49H54ClN4O9PS. The summed E-state index contributed by atoms with van der Waals surface area (Å²) in [4.78, 5) is 45.9. The molecule has 0 bridgehead atoms. The molecule has 0 radical (unpaired) electrons. The second-order valence-electron chi connectivity index (χ2n) is 14.9. The fourth-order valence-corrected chi connectivity index (χ4v) is 9.15. The van der Waals surface area contributed by atoms with E-state index in [2.05, 4.69) is 31.1 Å². The van der Waals surface area contributed by atoms with Gasteiger partial charge in [0.15, 0.2) is 6.72 Å². The summed E-state index contributed by atoms with van der Waals surface area (Å²) < 4.78 is 37.6. The molecule has 1 aromatic heterocycles. The average Bonchev–Trinajstić information content (AvgIpc) is 3.72. The molecule has 1 amide bonds. The normalized spacial score (nSPS) is 16.8. The van der Waals surface area contributed by atoms with Crippen molar-refractivity contribution in [2.45, 2.75) is 51.2 Å². The highest BCUT2D eigenvalue weighted by Gasteiger charge is 2.44. The van der Waals surface area contributed by atoms with Crippen LogP contribution in [0.1, 0.15) is 60.5 Å². The molecule has 0 aliphatic carbocycles. The Hall–Kier alpha value is -5.41. The van der Waals surface area contributed by atoms with Crippen molar-refractivity contribution in [2.24, 2.45) is 0 Å². The first-order chi connectivity index (χ1) is 31.4. The summed E-state index contributed by atoms with van der Waals surface area (Å²) in [5, 5.41) is 3.11. The third-order valence-corrected chi connectivity index (χ3v) is 12.7. The average molecular weight is 941 g/mol. The summed E-state index contributed by atoms with van der Waals surface area (Å²) >= 11 is 11.4. The van der Waals surface area contributed by atoms with E-state index in [9.17, 15) is 14.5 Å². The third-order valence-electron chi connectivity index (χ3n) is 11.0. The summed E-state index contributed by atoms with van der Waals surface area (Å²) in [7, 11) is 3.19. The van der Waals surface area contributed by atoms with Gasteiger partial charge in [0.2, 0.25) is 0 Å². The van der Waals surface area contributed by atoms with E-state index < -0.39 is 42.4 Å². The fraction of sp³-hybridized carbons (Fsp3) is 0.286. The molecule has 5 aromatic carbocycles. The number of quaternary nitrogens is 1. The molecule has 1 unspecified atom stereocenters. The van der Waals surface area contributed by atoms with E-state index in [1.54, 1.807) is 61.6 Å². The maximum Gasteiger partial charge on any atom is 0.351 e. The molecule has 1 saturated heterocycles. The molecule has 342 valence electrons. The number of nitrogens with one attached hydrogen (secondary N) is 2. The molecule has 6 aromatic rings. The van der Waals surface area contributed by atoms with Gasteiger partial charge in [-0.1, -0.05) is 84.4 Å². The predicted octanol–water partition coefficient (Wildman–Crippen LogP) is 7.44. The standard InChI is InChI=1S/C43H39ClN3O9PS.C6H15N/c1-51-34-19-13-31(14-20-34)43(30-11-7-4-8-12-30,32-15-21-35(52-2)22-16-32)53-28-38-37(56-57(50,58)55-36-23-17-33(44)18-24-36)27-40(54-38)47-26-25-39(46-42(47)49)45-41(48)29-9-5-3-6-10-29;1-4-7(5-2)6-3/h3-26,37-38,40H,27-28H2,1-2H3,(H,50,58)(H,45,46,48,49);4-6H2,1-3H3/t37-,38+,40+,57?;/m0./s1. The first-order valence-corrected chi connectivity index (χ1v) is 24.2. The molecule has 7 rings (SSSR count). The van der Waals surface area contributed by atoms with Crippen molar-refractivity contribution in [1.29, 1.82) is 0 Å². The largest absolute Gasteiger partial charge is 0.770 e. The van der Waals surface area contributed by atoms with Gasteiger partial charge in [-0.2, -0.15) is 4.98 Å². The number of methoxy groups -OCH3 is 2. The van der Waals surface area contributed by atoms with Crippen molar-refractivity contribution in [3.63, 3.8) is 0 Å². The van der Waals surface area contributed by atoms with Gasteiger partial charge in [-0.25, -0.2) is 4.79 Å². The Balaban J connectivity index is 0.000000925. The molecule has 0 saturated carbocycles. The number of amides is 1. The van der Waals surface area contributed by atoms with Gasteiger partial charge in [0.05, 0.1) is 46.6 Å². The highest BCUT2D eigenvalue weighted by atomic mass is 35.5. The molecular weight excluding hydrogens is 887 g/mol. The fourth-order valence-electron chi connectivity index (χ4n) is 7.45. The monoisotopic (exact) mass is 940 g/mol. The highest BCUT2D eigenvalue weighted by Crippen LogP contribution is 2.47. The summed E-state index contributed by atoms with van der Waals surface area (Å²) in [6, 6.07) is 41.0. The molecule has 13 nitrogen and oxygen atoms in total. The van der Waals surface area contributed by atoms with Crippen LogP contribution in [0.25, 0.3) is 0 Å². The molecule has 2 heterocycles. The number of carbonyl (C=O) groups is 1. The molecule has 1 aliphatic heterocycles. The highest BCUT2D eigenvalue weighted by molar-refractivity contribution is 8.06. The van der Waals surface area contributed by atoms with Crippen LogP contribution in [-0.4, -0.2) is 68.1 Å². The lowest BCUT2D eigenvalue weighted by atomic mass is 9.80. The molecule has 1 aliphatic rings. The predicted molar refractivity (Wildman–Crippen MR) is 254 cm³/mol. The Morgan fingerprint density at radius 1 is 0.815 bits per heavy atom. The Labute approximate surface area is 390 Å². The molecule has 2 N–H and O–H groups in total.